The Morgan fingerprint density at radius 3 is 2.31 bits per heavy atom. The van der Waals surface area contributed by atoms with E-state index in [9.17, 15) is 13.2 Å². The summed E-state index contributed by atoms with van der Waals surface area (Å²) in [6.07, 6.45) is 6.66. The fraction of sp³-hybridized carbons (Fsp3) is 0.471. The molecule has 2 aliphatic heterocycles. The van der Waals surface area contributed by atoms with Crippen LogP contribution in [0.2, 0.25) is 0 Å². The van der Waals surface area contributed by atoms with Crippen molar-refractivity contribution in [2.75, 3.05) is 7.11 Å². The standard InChI is InChI=1S/C17H20N4O4S/c1-25-17(22)12-2-6-16(7-3-12)26(23,24)21-13-4-5-14(21)11-15(10-13)20-9-8-18-19-20/h2-3,6-9,13-15H,4-5,10-11H2,1H3. The molecule has 0 spiro atoms. The Morgan fingerprint density at radius 2 is 1.77 bits per heavy atom. The molecule has 2 saturated heterocycles. The van der Waals surface area contributed by atoms with E-state index in [0.29, 0.717) is 5.56 Å². The van der Waals surface area contributed by atoms with Gasteiger partial charge in [0.05, 0.1) is 29.8 Å². The van der Waals surface area contributed by atoms with Gasteiger partial charge in [0.2, 0.25) is 10.0 Å². The molecule has 2 aliphatic rings. The fourth-order valence-corrected chi connectivity index (χ4v) is 6.02. The van der Waals surface area contributed by atoms with Gasteiger partial charge in [0.1, 0.15) is 0 Å². The zero-order chi connectivity index (χ0) is 18.3. The molecule has 3 heterocycles. The van der Waals surface area contributed by atoms with E-state index >= 15 is 0 Å². The van der Waals surface area contributed by atoms with Crippen LogP contribution in [0.1, 0.15) is 42.1 Å². The molecule has 9 heteroatoms. The van der Waals surface area contributed by atoms with Crippen LogP contribution in [-0.2, 0) is 14.8 Å². The number of piperidine rings is 1. The number of hydrogen-bond acceptors (Lipinski definition) is 6. The molecule has 26 heavy (non-hydrogen) atoms. The summed E-state index contributed by atoms with van der Waals surface area (Å²) in [7, 11) is -2.31. The summed E-state index contributed by atoms with van der Waals surface area (Å²) in [5.41, 5.74) is 0.333. The monoisotopic (exact) mass is 376 g/mol. The molecule has 138 valence electrons. The maximum Gasteiger partial charge on any atom is 0.337 e. The predicted octanol–water partition coefficient (Wildman–Crippen LogP) is 1.62. The first-order chi connectivity index (χ1) is 12.5. The third-order valence-corrected chi connectivity index (χ3v) is 7.33. The second-order valence-electron chi connectivity index (χ2n) is 6.74. The van der Waals surface area contributed by atoms with Gasteiger partial charge in [-0.3, -0.25) is 0 Å². The molecule has 8 nitrogen and oxygen atoms in total. The van der Waals surface area contributed by atoms with Gasteiger partial charge in [0.15, 0.2) is 0 Å². The van der Waals surface area contributed by atoms with Gasteiger partial charge in [-0.25, -0.2) is 17.9 Å². The van der Waals surface area contributed by atoms with Crippen molar-refractivity contribution in [1.29, 1.82) is 0 Å². The highest BCUT2D eigenvalue weighted by Crippen LogP contribution is 2.43. The SMILES string of the molecule is COC(=O)c1ccc(S(=O)(=O)N2C3CCC2CC(n2ccnn2)C3)cc1. The number of sulfonamides is 1. The summed E-state index contributed by atoms with van der Waals surface area (Å²) in [5.74, 6) is -0.484. The minimum Gasteiger partial charge on any atom is -0.465 e. The van der Waals surface area contributed by atoms with Crippen LogP contribution >= 0.6 is 0 Å². The number of nitrogens with zero attached hydrogens (tertiary/aromatic N) is 4. The lowest BCUT2D eigenvalue weighted by molar-refractivity contribution is 0.0600. The van der Waals surface area contributed by atoms with Crippen molar-refractivity contribution < 1.29 is 17.9 Å². The first kappa shape index (κ1) is 17.2. The Labute approximate surface area is 151 Å². The van der Waals surface area contributed by atoms with Gasteiger partial charge in [0.25, 0.3) is 0 Å². The number of hydrogen-bond donors (Lipinski definition) is 0. The van der Waals surface area contributed by atoms with Crippen LogP contribution in [0, 0.1) is 0 Å². The van der Waals surface area contributed by atoms with E-state index in [-0.39, 0.29) is 23.0 Å². The Balaban J connectivity index is 1.58. The van der Waals surface area contributed by atoms with Crippen molar-refractivity contribution in [3.8, 4) is 0 Å². The van der Waals surface area contributed by atoms with Gasteiger partial charge in [0, 0.05) is 18.3 Å². The molecule has 1 aromatic carbocycles. The quantitative estimate of drug-likeness (QED) is 0.753. The lowest BCUT2D eigenvalue weighted by atomic mass is 10.00. The molecule has 2 unspecified atom stereocenters. The average molecular weight is 376 g/mol. The van der Waals surface area contributed by atoms with E-state index in [4.69, 9.17) is 0 Å². The number of methoxy groups -OCH3 is 1. The van der Waals surface area contributed by atoms with E-state index < -0.39 is 16.0 Å². The zero-order valence-corrected chi connectivity index (χ0v) is 15.2. The molecule has 0 aliphatic carbocycles. The number of carbonyl (C=O) groups excluding carboxylic acids is 1. The zero-order valence-electron chi connectivity index (χ0n) is 14.4. The van der Waals surface area contributed by atoms with E-state index in [1.54, 1.807) is 10.5 Å². The summed E-state index contributed by atoms with van der Waals surface area (Å²) >= 11 is 0. The highest BCUT2D eigenvalue weighted by atomic mass is 32.2. The van der Waals surface area contributed by atoms with Gasteiger partial charge in [-0.1, -0.05) is 5.21 Å². The topological polar surface area (TPSA) is 94.4 Å². The van der Waals surface area contributed by atoms with Crippen molar-refractivity contribution in [2.45, 2.75) is 48.7 Å². The molecule has 2 aromatic rings. The van der Waals surface area contributed by atoms with Crippen LogP contribution in [0.4, 0.5) is 0 Å². The van der Waals surface area contributed by atoms with E-state index in [2.05, 4.69) is 15.0 Å². The van der Waals surface area contributed by atoms with Gasteiger partial charge >= 0.3 is 5.97 Å². The Morgan fingerprint density at radius 1 is 1.12 bits per heavy atom. The predicted molar refractivity (Wildman–Crippen MR) is 91.9 cm³/mol. The molecule has 0 radical (unpaired) electrons. The molecule has 4 rings (SSSR count). The number of fused-ring (bicyclic) bond motifs is 2. The first-order valence-electron chi connectivity index (χ1n) is 8.58. The second kappa shape index (κ2) is 6.48. The highest BCUT2D eigenvalue weighted by Gasteiger charge is 2.47. The number of benzene rings is 1. The normalized spacial score (nSPS) is 26.0. The van der Waals surface area contributed by atoms with Gasteiger partial charge in [-0.05, 0) is 49.9 Å². The number of esters is 1. The highest BCUT2D eigenvalue weighted by molar-refractivity contribution is 7.89. The van der Waals surface area contributed by atoms with Gasteiger partial charge in [-0.15, -0.1) is 5.10 Å². The molecular weight excluding hydrogens is 356 g/mol. The maximum atomic E-state index is 13.2. The van der Waals surface area contributed by atoms with Crippen LogP contribution in [0.5, 0.6) is 0 Å². The van der Waals surface area contributed by atoms with Crippen molar-refractivity contribution in [3.05, 3.63) is 42.2 Å². The Hall–Kier alpha value is -2.26. The minimum atomic E-state index is -3.60. The Bertz CT molecular complexity index is 881. The lowest BCUT2D eigenvalue weighted by Crippen LogP contribution is -2.46. The number of carbonyl (C=O) groups is 1. The van der Waals surface area contributed by atoms with Crippen LogP contribution in [0.15, 0.2) is 41.6 Å². The summed E-state index contributed by atoms with van der Waals surface area (Å²) in [5, 5.41) is 7.93. The largest absolute Gasteiger partial charge is 0.465 e. The summed E-state index contributed by atoms with van der Waals surface area (Å²) in [6.45, 7) is 0. The van der Waals surface area contributed by atoms with Crippen molar-refractivity contribution in [3.63, 3.8) is 0 Å². The second-order valence-corrected chi connectivity index (χ2v) is 8.59. The molecule has 1 aromatic heterocycles. The maximum absolute atomic E-state index is 13.2. The minimum absolute atomic E-state index is 0.0340. The molecule has 0 N–H and O–H groups in total. The summed E-state index contributed by atoms with van der Waals surface area (Å²) in [6, 6.07) is 6.05. The smallest absolute Gasteiger partial charge is 0.337 e. The van der Waals surface area contributed by atoms with Crippen molar-refractivity contribution in [2.24, 2.45) is 0 Å². The van der Waals surface area contributed by atoms with E-state index in [0.717, 1.165) is 25.7 Å². The van der Waals surface area contributed by atoms with Gasteiger partial charge < -0.3 is 4.74 Å². The Kier molecular flexibility index (Phi) is 4.28. The third-order valence-electron chi connectivity index (χ3n) is 5.31. The lowest BCUT2D eigenvalue weighted by Gasteiger charge is -2.37. The number of ether oxygens (including phenoxy) is 1. The molecule has 2 fully saturated rings. The van der Waals surface area contributed by atoms with Crippen molar-refractivity contribution in [1.82, 2.24) is 19.3 Å². The fourth-order valence-electron chi connectivity index (χ4n) is 4.13. The summed E-state index contributed by atoms with van der Waals surface area (Å²) in [4.78, 5) is 11.8. The van der Waals surface area contributed by atoms with E-state index in [1.165, 1.54) is 31.4 Å². The molecule has 2 bridgehead atoms. The van der Waals surface area contributed by atoms with Crippen LogP contribution in [0.3, 0.4) is 0 Å². The molecule has 0 saturated carbocycles. The first-order valence-corrected chi connectivity index (χ1v) is 10.0. The third kappa shape index (κ3) is 2.80. The van der Waals surface area contributed by atoms with Crippen LogP contribution < -0.4 is 0 Å². The van der Waals surface area contributed by atoms with Crippen molar-refractivity contribution >= 4 is 16.0 Å². The van der Waals surface area contributed by atoms with Crippen LogP contribution in [0.25, 0.3) is 0 Å². The average Bonchev–Trinajstić information content (AvgIpc) is 3.28. The summed E-state index contributed by atoms with van der Waals surface area (Å²) < 4.78 is 34.5. The molecule has 0 amide bonds. The van der Waals surface area contributed by atoms with Gasteiger partial charge in [-0.2, -0.15) is 4.31 Å². The van der Waals surface area contributed by atoms with Crippen LogP contribution in [-0.4, -0.2) is 52.9 Å². The molecule has 2 atom stereocenters. The number of rotatable bonds is 4. The molecular formula is C17H20N4O4S. The van der Waals surface area contributed by atoms with E-state index in [1.807, 2.05) is 10.9 Å². The number of aromatic nitrogens is 3.